The quantitative estimate of drug-likeness (QED) is 0.584. The highest BCUT2D eigenvalue weighted by molar-refractivity contribution is 7.80. The van der Waals surface area contributed by atoms with E-state index in [1.165, 1.54) is 6.08 Å². The highest BCUT2D eigenvalue weighted by Crippen LogP contribution is 2.19. The Bertz CT molecular complexity index is 315. The Morgan fingerprint density at radius 1 is 1.73 bits per heavy atom. The van der Waals surface area contributed by atoms with Crippen molar-refractivity contribution in [3.05, 3.63) is 11.8 Å². The molecule has 2 atom stereocenters. The standard InChI is InChI=1S/C9H13NO4S/c1-5(4-15)8(12)10-3-6(11)2-7(10)9(13)14/h2,5-6,11,15H,3-4H2,1H3,(H,13,14). The molecule has 1 heterocycles. The molecule has 2 N–H and O–H groups in total. The van der Waals surface area contributed by atoms with Gasteiger partial charge in [0.05, 0.1) is 12.6 Å². The molecule has 0 fully saturated rings. The Hall–Kier alpha value is -1.01. The maximum absolute atomic E-state index is 11.7. The van der Waals surface area contributed by atoms with Gasteiger partial charge in [0.25, 0.3) is 0 Å². The lowest BCUT2D eigenvalue weighted by Gasteiger charge is -2.21. The molecule has 1 amide bonds. The molecule has 1 aliphatic rings. The Balaban J connectivity index is 2.83. The van der Waals surface area contributed by atoms with Crippen molar-refractivity contribution in [2.75, 3.05) is 12.3 Å². The van der Waals surface area contributed by atoms with Crippen LogP contribution in [0.25, 0.3) is 0 Å². The first-order valence-corrected chi connectivity index (χ1v) is 5.16. The number of hydrogen-bond donors (Lipinski definition) is 3. The van der Waals surface area contributed by atoms with Gasteiger partial charge in [-0.05, 0) is 6.08 Å². The minimum absolute atomic E-state index is 0.0125. The Labute approximate surface area is 92.8 Å². The van der Waals surface area contributed by atoms with Crippen LogP contribution in [-0.2, 0) is 9.59 Å². The zero-order valence-electron chi connectivity index (χ0n) is 8.25. The van der Waals surface area contributed by atoms with Gasteiger partial charge >= 0.3 is 5.97 Å². The van der Waals surface area contributed by atoms with E-state index < -0.39 is 12.1 Å². The van der Waals surface area contributed by atoms with Crippen molar-refractivity contribution in [3.8, 4) is 0 Å². The average molecular weight is 231 g/mol. The first kappa shape index (κ1) is 12.1. The number of carbonyl (C=O) groups excluding carboxylic acids is 1. The number of amides is 1. The van der Waals surface area contributed by atoms with Crippen LogP contribution < -0.4 is 0 Å². The number of hydrogen-bond acceptors (Lipinski definition) is 4. The lowest BCUT2D eigenvalue weighted by Crippen LogP contribution is -2.37. The largest absolute Gasteiger partial charge is 0.477 e. The number of aliphatic hydroxyl groups is 1. The monoisotopic (exact) mass is 231 g/mol. The first-order valence-electron chi connectivity index (χ1n) is 4.52. The SMILES string of the molecule is CC(CS)C(=O)N1CC(O)C=C1C(=O)O. The third-order valence-electron chi connectivity index (χ3n) is 2.19. The normalized spacial score (nSPS) is 22.5. The smallest absolute Gasteiger partial charge is 0.352 e. The van der Waals surface area contributed by atoms with Crippen LogP contribution in [0.1, 0.15) is 6.92 Å². The summed E-state index contributed by atoms with van der Waals surface area (Å²) in [6.45, 7) is 1.68. The fraction of sp³-hybridized carbons (Fsp3) is 0.556. The predicted molar refractivity (Wildman–Crippen MR) is 56.5 cm³/mol. The molecule has 0 saturated heterocycles. The van der Waals surface area contributed by atoms with Gasteiger partial charge in [-0.1, -0.05) is 6.92 Å². The molecule has 1 rings (SSSR count). The van der Waals surface area contributed by atoms with Crippen LogP contribution in [0.3, 0.4) is 0 Å². The van der Waals surface area contributed by atoms with Gasteiger partial charge in [-0.15, -0.1) is 0 Å². The highest BCUT2D eigenvalue weighted by atomic mass is 32.1. The van der Waals surface area contributed by atoms with Crippen molar-refractivity contribution in [3.63, 3.8) is 0 Å². The van der Waals surface area contributed by atoms with Crippen molar-refractivity contribution in [1.29, 1.82) is 0 Å². The zero-order chi connectivity index (χ0) is 11.6. The van der Waals surface area contributed by atoms with Crippen LogP contribution in [0, 0.1) is 5.92 Å². The van der Waals surface area contributed by atoms with Crippen LogP contribution in [-0.4, -0.2) is 45.4 Å². The van der Waals surface area contributed by atoms with E-state index in [2.05, 4.69) is 12.6 Å². The van der Waals surface area contributed by atoms with Gasteiger partial charge in [-0.3, -0.25) is 4.79 Å². The van der Waals surface area contributed by atoms with Crippen LogP contribution in [0.2, 0.25) is 0 Å². The van der Waals surface area contributed by atoms with Crippen LogP contribution >= 0.6 is 12.6 Å². The number of aliphatic carboxylic acids is 1. The van der Waals surface area contributed by atoms with Crippen LogP contribution in [0.15, 0.2) is 11.8 Å². The van der Waals surface area contributed by atoms with Crippen LogP contribution in [0.5, 0.6) is 0 Å². The van der Waals surface area contributed by atoms with E-state index in [0.717, 1.165) is 4.90 Å². The van der Waals surface area contributed by atoms with Crippen molar-refractivity contribution in [2.45, 2.75) is 13.0 Å². The summed E-state index contributed by atoms with van der Waals surface area (Å²) in [5.74, 6) is -1.54. The second-order valence-corrected chi connectivity index (χ2v) is 3.82. The molecule has 0 bridgehead atoms. The van der Waals surface area contributed by atoms with Gasteiger partial charge in [0.2, 0.25) is 5.91 Å². The topological polar surface area (TPSA) is 77.8 Å². The molecule has 0 saturated carbocycles. The Morgan fingerprint density at radius 2 is 2.33 bits per heavy atom. The number of carboxylic acids is 1. The molecule has 15 heavy (non-hydrogen) atoms. The summed E-state index contributed by atoms with van der Waals surface area (Å²) in [5, 5.41) is 18.1. The summed E-state index contributed by atoms with van der Waals surface area (Å²) in [6.07, 6.45) is 0.276. The molecular weight excluding hydrogens is 218 g/mol. The van der Waals surface area contributed by atoms with Gasteiger partial charge in [-0.25, -0.2) is 4.79 Å². The van der Waals surface area contributed by atoms with E-state index >= 15 is 0 Å². The lowest BCUT2D eigenvalue weighted by molar-refractivity contribution is -0.140. The molecule has 0 radical (unpaired) electrons. The fourth-order valence-electron chi connectivity index (χ4n) is 1.35. The molecule has 0 aromatic carbocycles. The molecule has 5 nitrogen and oxygen atoms in total. The Kier molecular flexibility index (Phi) is 3.76. The van der Waals surface area contributed by atoms with E-state index in [9.17, 15) is 14.7 Å². The van der Waals surface area contributed by atoms with E-state index in [4.69, 9.17) is 5.11 Å². The predicted octanol–water partition coefficient (Wildman–Crippen LogP) is -0.276. The van der Waals surface area contributed by atoms with Crippen molar-refractivity contribution in [2.24, 2.45) is 5.92 Å². The summed E-state index contributed by atoms with van der Waals surface area (Å²) in [4.78, 5) is 23.6. The second kappa shape index (κ2) is 4.67. The highest BCUT2D eigenvalue weighted by Gasteiger charge is 2.32. The summed E-state index contributed by atoms with van der Waals surface area (Å²) in [7, 11) is 0. The maximum atomic E-state index is 11.7. The van der Waals surface area contributed by atoms with Crippen LogP contribution in [0.4, 0.5) is 0 Å². The first-order chi connectivity index (χ1) is 6.97. The van der Waals surface area contributed by atoms with Gasteiger partial charge in [0.15, 0.2) is 0 Å². The fourth-order valence-corrected chi connectivity index (χ4v) is 1.51. The van der Waals surface area contributed by atoms with Crippen molar-refractivity contribution in [1.82, 2.24) is 4.90 Å². The number of nitrogens with zero attached hydrogens (tertiary/aromatic N) is 1. The molecule has 1 aliphatic heterocycles. The molecule has 0 spiro atoms. The number of β-amino-alcohol motifs (C(OH)–C–C–N with tert-alkyl or cyclic N) is 1. The number of rotatable bonds is 3. The minimum atomic E-state index is -1.20. The molecule has 6 heteroatoms. The van der Waals surface area contributed by atoms with Gasteiger partial charge < -0.3 is 15.1 Å². The Morgan fingerprint density at radius 3 is 2.80 bits per heavy atom. The van der Waals surface area contributed by atoms with E-state index in [0.29, 0.717) is 5.75 Å². The molecule has 0 aromatic rings. The number of carboxylic acid groups (broad SMARTS) is 1. The molecule has 2 unspecified atom stereocenters. The van der Waals surface area contributed by atoms with Gasteiger partial charge in [0.1, 0.15) is 5.70 Å². The summed E-state index contributed by atoms with van der Waals surface area (Å²) in [5.41, 5.74) is -0.152. The number of aliphatic hydroxyl groups excluding tert-OH is 1. The number of carbonyl (C=O) groups is 2. The molecule has 0 aliphatic carbocycles. The summed E-state index contributed by atoms with van der Waals surface area (Å²) >= 11 is 3.97. The van der Waals surface area contributed by atoms with E-state index in [-0.39, 0.29) is 24.1 Å². The molecule has 84 valence electrons. The molecular formula is C9H13NO4S. The van der Waals surface area contributed by atoms with E-state index in [1.54, 1.807) is 6.92 Å². The van der Waals surface area contributed by atoms with Gasteiger partial charge in [0, 0.05) is 11.7 Å². The zero-order valence-corrected chi connectivity index (χ0v) is 9.15. The molecule has 0 aromatic heterocycles. The van der Waals surface area contributed by atoms with Crippen molar-refractivity contribution >= 4 is 24.5 Å². The second-order valence-electron chi connectivity index (χ2n) is 3.46. The maximum Gasteiger partial charge on any atom is 0.352 e. The average Bonchev–Trinajstić information content (AvgIpc) is 2.58. The van der Waals surface area contributed by atoms with Gasteiger partial charge in [-0.2, -0.15) is 12.6 Å². The number of thiol groups is 1. The van der Waals surface area contributed by atoms with Crippen molar-refractivity contribution < 1.29 is 19.8 Å². The third kappa shape index (κ3) is 2.51. The summed E-state index contributed by atoms with van der Waals surface area (Å²) < 4.78 is 0. The lowest BCUT2D eigenvalue weighted by atomic mass is 10.2. The minimum Gasteiger partial charge on any atom is -0.477 e. The third-order valence-corrected chi connectivity index (χ3v) is 2.74. The van der Waals surface area contributed by atoms with E-state index in [1.807, 2.05) is 0 Å². The summed E-state index contributed by atoms with van der Waals surface area (Å²) in [6, 6.07) is 0.